The highest BCUT2D eigenvalue weighted by atomic mass is 16.3. The molecule has 2 heterocycles. The van der Waals surface area contributed by atoms with Crippen LogP contribution in [0.2, 0.25) is 0 Å². The third kappa shape index (κ3) is 4.06. The van der Waals surface area contributed by atoms with Crippen LogP contribution in [0.5, 0.6) is 0 Å². The molecule has 0 atom stereocenters. The van der Waals surface area contributed by atoms with Crippen LogP contribution in [-0.2, 0) is 11.3 Å². The number of amides is 1. The van der Waals surface area contributed by atoms with Crippen molar-refractivity contribution in [2.75, 3.05) is 18.0 Å². The van der Waals surface area contributed by atoms with Crippen LogP contribution in [0.1, 0.15) is 30.7 Å². The smallest absolute Gasteiger partial charge is 0.278 e. The zero-order valence-corrected chi connectivity index (χ0v) is 17.3. The Kier molecular flexibility index (Phi) is 5.80. The lowest BCUT2D eigenvalue weighted by Gasteiger charge is -2.20. The average Bonchev–Trinajstić information content (AvgIpc) is 3.40. The summed E-state index contributed by atoms with van der Waals surface area (Å²) < 4.78 is 5.47. The standard InChI is InChI=1S/C25H25N3O2/c1-3-27(4-2)21-14-12-19(13-15-21)17-23-25(29)28(18-22-11-8-16-30-22)24(26-23)20-9-6-5-7-10-20/h5-17H,3-4,18H2,1-2H3/b23-17-. The van der Waals surface area contributed by atoms with Gasteiger partial charge in [0.2, 0.25) is 0 Å². The van der Waals surface area contributed by atoms with Gasteiger partial charge in [0.1, 0.15) is 17.3 Å². The molecule has 0 bridgehead atoms. The Hall–Kier alpha value is -3.60. The number of furan rings is 1. The maximum atomic E-state index is 13.2. The third-order valence-corrected chi connectivity index (χ3v) is 5.20. The molecular weight excluding hydrogens is 374 g/mol. The van der Waals surface area contributed by atoms with Gasteiger partial charge in [0, 0.05) is 24.3 Å². The highest BCUT2D eigenvalue weighted by molar-refractivity contribution is 6.19. The number of hydrogen-bond acceptors (Lipinski definition) is 4. The number of benzene rings is 2. The molecule has 4 rings (SSSR count). The van der Waals surface area contributed by atoms with Crippen molar-refractivity contribution in [3.63, 3.8) is 0 Å². The fraction of sp³-hybridized carbons (Fsp3) is 0.200. The summed E-state index contributed by atoms with van der Waals surface area (Å²) in [6, 6.07) is 21.7. The molecule has 0 saturated heterocycles. The maximum Gasteiger partial charge on any atom is 0.278 e. The summed E-state index contributed by atoms with van der Waals surface area (Å²) >= 11 is 0. The first-order valence-electron chi connectivity index (χ1n) is 10.2. The molecule has 5 heteroatoms. The number of rotatable bonds is 7. The third-order valence-electron chi connectivity index (χ3n) is 5.20. The lowest BCUT2D eigenvalue weighted by molar-refractivity contribution is -0.123. The number of nitrogens with zero attached hydrogens (tertiary/aromatic N) is 3. The van der Waals surface area contributed by atoms with E-state index in [2.05, 4.69) is 35.9 Å². The zero-order chi connectivity index (χ0) is 20.9. The first kappa shape index (κ1) is 19.7. The summed E-state index contributed by atoms with van der Waals surface area (Å²) in [5.74, 6) is 1.23. The summed E-state index contributed by atoms with van der Waals surface area (Å²) in [5, 5.41) is 0. The van der Waals surface area contributed by atoms with Gasteiger partial charge in [-0.2, -0.15) is 0 Å². The summed E-state index contributed by atoms with van der Waals surface area (Å²) in [4.78, 5) is 21.8. The Morgan fingerprint density at radius 2 is 1.70 bits per heavy atom. The first-order valence-corrected chi connectivity index (χ1v) is 10.2. The topological polar surface area (TPSA) is 49.0 Å². The van der Waals surface area contributed by atoms with Crippen LogP contribution in [-0.4, -0.2) is 29.7 Å². The van der Waals surface area contributed by atoms with E-state index in [4.69, 9.17) is 4.42 Å². The van der Waals surface area contributed by atoms with Crippen LogP contribution < -0.4 is 4.90 Å². The second-order valence-electron chi connectivity index (χ2n) is 7.07. The van der Waals surface area contributed by atoms with Gasteiger partial charge in [0.05, 0.1) is 12.8 Å². The van der Waals surface area contributed by atoms with Crippen molar-refractivity contribution in [2.45, 2.75) is 20.4 Å². The van der Waals surface area contributed by atoms with Gasteiger partial charge in [0.15, 0.2) is 0 Å². The van der Waals surface area contributed by atoms with Crippen LogP contribution in [0.15, 0.2) is 88.1 Å². The minimum Gasteiger partial charge on any atom is -0.467 e. The Balaban J connectivity index is 1.65. The largest absolute Gasteiger partial charge is 0.467 e. The lowest BCUT2D eigenvalue weighted by atomic mass is 10.1. The molecule has 0 radical (unpaired) electrons. The van der Waals surface area contributed by atoms with E-state index in [9.17, 15) is 4.79 Å². The molecule has 1 amide bonds. The Labute approximate surface area is 177 Å². The molecular formula is C25H25N3O2. The van der Waals surface area contributed by atoms with E-state index in [0.717, 1.165) is 30.0 Å². The molecule has 0 aliphatic carbocycles. The van der Waals surface area contributed by atoms with Crippen molar-refractivity contribution in [3.8, 4) is 0 Å². The van der Waals surface area contributed by atoms with Crippen LogP contribution in [0.3, 0.4) is 0 Å². The Morgan fingerprint density at radius 1 is 0.967 bits per heavy atom. The van der Waals surface area contributed by atoms with Gasteiger partial charge in [-0.25, -0.2) is 4.99 Å². The van der Waals surface area contributed by atoms with Crippen molar-refractivity contribution in [1.29, 1.82) is 0 Å². The fourth-order valence-electron chi connectivity index (χ4n) is 3.59. The van der Waals surface area contributed by atoms with E-state index in [1.807, 2.05) is 60.7 Å². The molecule has 1 aliphatic rings. The van der Waals surface area contributed by atoms with Crippen molar-refractivity contribution in [3.05, 3.63) is 95.6 Å². The molecule has 5 nitrogen and oxygen atoms in total. The van der Waals surface area contributed by atoms with E-state index in [-0.39, 0.29) is 5.91 Å². The van der Waals surface area contributed by atoms with Crippen LogP contribution in [0, 0.1) is 0 Å². The molecule has 3 aromatic rings. The molecule has 1 aliphatic heterocycles. The second-order valence-corrected chi connectivity index (χ2v) is 7.07. The van der Waals surface area contributed by atoms with Crippen LogP contribution >= 0.6 is 0 Å². The average molecular weight is 399 g/mol. The molecule has 0 spiro atoms. The maximum absolute atomic E-state index is 13.2. The molecule has 2 aromatic carbocycles. The quantitative estimate of drug-likeness (QED) is 0.528. The predicted molar refractivity (Wildman–Crippen MR) is 120 cm³/mol. The summed E-state index contributed by atoms with van der Waals surface area (Å²) in [5.41, 5.74) is 3.45. The van der Waals surface area contributed by atoms with Crippen molar-refractivity contribution >= 4 is 23.5 Å². The SMILES string of the molecule is CCN(CC)c1ccc(/C=C2\N=C(c3ccccc3)N(Cc3ccco3)C2=O)cc1. The normalized spacial score (nSPS) is 15.0. The van der Waals surface area contributed by atoms with E-state index >= 15 is 0 Å². The lowest BCUT2D eigenvalue weighted by Crippen LogP contribution is -2.32. The Bertz CT molecular complexity index is 1050. The van der Waals surface area contributed by atoms with Gasteiger partial charge in [-0.15, -0.1) is 0 Å². The number of anilines is 1. The Morgan fingerprint density at radius 3 is 2.33 bits per heavy atom. The second kappa shape index (κ2) is 8.82. The molecule has 0 fully saturated rings. The van der Waals surface area contributed by atoms with Crippen molar-refractivity contribution in [1.82, 2.24) is 4.90 Å². The van der Waals surface area contributed by atoms with Gasteiger partial charge in [-0.1, -0.05) is 42.5 Å². The van der Waals surface area contributed by atoms with Gasteiger partial charge >= 0.3 is 0 Å². The fourth-order valence-corrected chi connectivity index (χ4v) is 3.59. The molecule has 152 valence electrons. The monoisotopic (exact) mass is 399 g/mol. The van der Waals surface area contributed by atoms with Gasteiger partial charge < -0.3 is 9.32 Å². The number of carbonyl (C=O) groups is 1. The number of hydrogen-bond donors (Lipinski definition) is 0. The molecule has 0 unspecified atom stereocenters. The summed E-state index contributed by atoms with van der Waals surface area (Å²) in [7, 11) is 0. The summed E-state index contributed by atoms with van der Waals surface area (Å²) in [6.45, 7) is 6.55. The molecule has 1 aromatic heterocycles. The van der Waals surface area contributed by atoms with Crippen molar-refractivity contribution < 1.29 is 9.21 Å². The highest BCUT2D eigenvalue weighted by Crippen LogP contribution is 2.25. The molecule has 0 N–H and O–H groups in total. The minimum atomic E-state index is -0.127. The molecule has 30 heavy (non-hydrogen) atoms. The summed E-state index contributed by atoms with van der Waals surface area (Å²) in [6.07, 6.45) is 3.46. The van der Waals surface area contributed by atoms with Crippen LogP contribution in [0.25, 0.3) is 6.08 Å². The highest BCUT2D eigenvalue weighted by Gasteiger charge is 2.31. The first-order chi connectivity index (χ1) is 14.7. The predicted octanol–water partition coefficient (Wildman–Crippen LogP) is 4.96. The number of amidine groups is 1. The van der Waals surface area contributed by atoms with E-state index in [1.54, 1.807) is 11.2 Å². The molecule has 0 saturated carbocycles. The van der Waals surface area contributed by atoms with Gasteiger partial charge in [-0.05, 0) is 49.8 Å². The number of aliphatic imine (C=N–C) groups is 1. The van der Waals surface area contributed by atoms with E-state index < -0.39 is 0 Å². The number of carbonyl (C=O) groups excluding carboxylic acids is 1. The van der Waals surface area contributed by atoms with Crippen molar-refractivity contribution in [2.24, 2.45) is 4.99 Å². The van der Waals surface area contributed by atoms with E-state index in [1.165, 1.54) is 5.69 Å². The minimum absolute atomic E-state index is 0.127. The zero-order valence-electron chi connectivity index (χ0n) is 17.3. The van der Waals surface area contributed by atoms with E-state index in [0.29, 0.717) is 18.1 Å². The van der Waals surface area contributed by atoms with Crippen LogP contribution in [0.4, 0.5) is 5.69 Å². The van der Waals surface area contributed by atoms with Gasteiger partial charge in [-0.3, -0.25) is 9.69 Å². The van der Waals surface area contributed by atoms with Gasteiger partial charge in [0.25, 0.3) is 5.91 Å².